The normalized spacial score (nSPS) is 25.0. The maximum absolute atomic E-state index is 12.7. The molecule has 0 unspecified atom stereocenters. The molecule has 138 valence electrons. The number of sulfonamides is 1. The summed E-state index contributed by atoms with van der Waals surface area (Å²) in [5.41, 5.74) is 0.120. The number of hydrogen-bond acceptors (Lipinski definition) is 5. The molecule has 0 aromatic heterocycles. The molecule has 25 heavy (non-hydrogen) atoms. The average Bonchev–Trinajstić information content (AvgIpc) is 2.61. The third-order valence-corrected chi connectivity index (χ3v) is 6.29. The van der Waals surface area contributed by atoms with Crippen LogP contribution in [0.1, 0.15) is 18.4 Å². The Kier molecular flexibility index (Phi) is 5.04. The van der Waals surface area contributed by atoms with E-state index >= 15 is 0 Å². The van der Waals surface area contributed by atoms with E-state index in [9.17, 15) is 18.3 Å². The number of nitrogens with zero attached hydrogens (tertiary/aromatic N) is 1. The van der Waals surface area contributed by atoms with Gasteiger partial charge in [0, 0.05) is 25.4 Å². The monoisotopic (exact) mass is 368 g/mol. The number of benzene rings is 1. The molecule has 2 heterocycles. The first-order chi connectivity index (χ1) is 11.8. The van der Waals surface area contributed by atoms with Crippen LogP contribution in [0.15, 0.2) is 24.3 Å². The van der Waals surface area contributed by atoms with E-state index in [0.717, 1.165) is 11.3 Å². The van der Waals surface area contributed by atoms with E-state index in [0.29, 0.717) is 32.4 Å². The lowest BCUT2D eigenvalue weighted by molar-refractivity contribution is -0.129. The quantitative estimate of drug-likeness (QED) is 0.788. The van der Waals surface area contributed by atoms with E-state index in [1.54, 1.807) is 0 Å². The molecule has 1 fully saturated rings. The van der Waals surface area contributed by atoms with Crippen molar-refractivity contribution >= 4 is 15.9 Å². The van der Waals surface area contributed by atoms with Crippen LogP contribution in [-0.4, -0.2) is 61.8 Å². The van der Waals surface area contributed by atoms with Crippen LogP contribution in [0.4, 0.5) is 0 Å². The lowest BCUT2D eigenvalue weighted by Crippen LogP contribution is -2.60. The van der Waals surface area contributed by atoms with Gasteiger partial charge in [0.1, 0.15) is 17.9 Å². The summed E-state index contributed by atoms with van der Waals surface area (Å²) in [5.74, 6) is 0.381. The fourth-order valence-corrected chi connectivity index (χ4v) is 4.33. The predicted octanol–water partition coefficient (Wildman–Crippen LogP) is 0.140. The lowest BCUT2D eigenvalue weighted by Gasteiger charge is -2.39. The van der Waals surface area contributed by atoms with Gasteiger partial charge < -0.3 is 15.2 Å². The Hall–Kier alpha value is -1.64. The minimum Gasteiger partial charge on any atom is -0.491 e. The van der Waals surface area contributed by atoms with Crippen LogP contribution in [0.25, 0.3) is 0 Å². The first-order valence-electron chi connectivity index (χ1n) is 8.42. The van der Waals surface area contributed by atoms with Gasteiger partial charge in [0.15, 0.2) is 0 Å². The van der Waals surface area contributed by atoms with Gasteiger partial charge in [-0.15, -0.1) is 0 Å². The molecule has 7 nitrogen and oxygen atoms in total. The molecular weight excluding hydrogens is 344 g/mol. The second-order valence-electron chi connectivity index (χ2n) is 6.94. The number of rotatable bonds is 4. The molecule has 0 spiro atoms. The molecule has 8 heteroatoms. The molecule has 3 rings (SSSR count). The van der Waals surface area contributed by atoms with E-state index in [-0.39, 0.29) is 25.0 Å². The van der Waals surface area contributed by atoms with E-state index in [2.05, 4.69) is 5.32 Å². The third kappa shape index (κ3) is 3.96. The molecule has 1 aromatic carbocycles. The number of carbonyl (C=O) groups excluding carboxylic acids is 1. The number of piperidine rings is 1. The molecule has 1 saturated heterocycles. The summed E-state index contributed by atoms with van der Waals surface area (Å²) in [6.45, 7) is 0.703. The van der Waals surface area contributed by atoms with Crippen molar-refractivity contribution in [2.75, 3.05) is 32.6 Å². The van der Waals surface area contributed by atoms with Crippen molar-refractivity contribution in [1.29, 1.82) is 0 Å². The highest BCUT2D eigenvalue weighted by atomic mass is 32.2. The summed E-state index contributed by atoms with van der Waals surface area (Å²) in [6, 6.07) is 7.59. The molecule has 0 bridgehead atoms. The number of fused-ring (bicyclic) bond motifs is 1. The van der Waals surface area contributed by atoms with Crippen molar-refractivity contribution in [2.45, 2.75) is 24.8 Å². The van der Waals surface area contributed by atoms with Crippen molar-refractivity contribution in [2.24, 2.45) is 5.92 Å². The Morgan fingerprint density at radius 3 is 2.68 bits per heavy atom. The summed E-state index contributed by atoms with van der Waals surface area (Å²) in [5, 5.41) is 12.8. The Morgan fingerprint density at radius 1 is 1.36 bits per heavy atom. The zero-order valence-electron chi connectivity index (χ0n) is 14.3. The molecule has 2 aliphatic rings. The number of para-hydroxylation sites is 1. The fraction of sp³-hybridized carbons (Fsp3) is 0.588. The topological polar surface area (TPSA) is 95.9 Å². The molecular formula is C17H24N2O5S. The minimum atomic E-state index is -3.21. The third-order valence-electron chi connectivity index (χ3n) is 4.99. The molecule has 1 aromatic rings. The van der Waals surface area contributed by atoms with Gasteiger partial charge in [0.05, 0.1) is 12.9 Å². The second-order valence-corrected chi connectivity index (χ2v) is 8.92. The Morgan fingerprint density at radius 2 is 2.04 bits per heavy atom. The average molecular weight is 368 g/mol. The number of ether oxygens (including phenoxy) is 1. The molecule has 0 aliphatic carbocycles. The maximum atomic E-state index is 12.7. The molecule has 2 N–H and O–H groups in total. The van der Waals surface area contributed by atoms with Crippen molar-refractivity contribution < 1.29 is 23.1 Å². The van der Waals surface area contributed by atoms with Crippen molar-refractivity contribution in [3.05, 3.63) is 29.8 Å². The highest BCUT2D eigenvalue weighted by Crippen LogP contribution is 2.30. The van der Waals surface area contributed by atoms with E-state index in [4.69, 9.17) is 4.74 Å². The van der Waals surface area contributed by atoms with Gasteiger partial charge in [-0.1, -0.05) is 18.2 Å². The van der Waals surface area contributed by atoms with Gasteiger partial charge in [0.25, 0.3) is 0 Å². The highest BCUT2D eigenvalue weighted by Gasteiger charge is 2.39. The molecule has 1 atom stereocenters. The van der Waals surface area contributed by atoms with E-state index in [1.165, 1.54) is 10.6 Å². The maximum Gasteiger partial charge on any atom is 0.223 e. The Balaban J connectivity index is 1.64. The number of aliphatic hydroxyl groups excluding tert-OH is 1. The first-order valence-corrected chi connectivity index (χ1v) is 10.3. The fourth-order valence-electron chi connectivity index (χ4n) is 3.46. The summed E-state index contributed by atoms with van der Waals surface area (Å²) in [4.78, 5) is 12.7. The van der Waals surface area contributed by atoms with Crippen LogP contribution in [0, 0.1) is 5.92 Å². The summed E-state index contributed by atoms with van der Waals surface area (Å²) < 4.78 is 30.3. The second kappa shape index (κ2) is 6.93. The number of hydrogen-bond donors (Lipinski definition) is 2. The van der Waals surface area contributed by atoms with Crippen molar-refractivity contribution in [1.82, 2.24) is 9.62 Å². The molecule has 1 amide bonds. The van der Waals surface area contributed by atoms with Gasteiger partial charge in [-0.2, -0.15) is 0 Å². The molecule has 2 aliphatic heterocycles. The lowest BCUT2D eigenvalue weighted by atomic mass is 9.88. The predicted molar refractivity (Wildman–Crippen MR) is 92.7 cm³/mol. The zero-order valence-corrected chi connectivity index (χ0v) is 15.1. The molecule has 0 radical (unpaired) electrons. The standard InChI is InChI=1S/C17H24N2O5S/c1-25(22,23)19-8-6-13(7-9-19)16(21)18-17(11-20)10-14-4-2-3-5-15(14)24-12-17/h2-5,13,20H,6-12H2,1H3,(H,18,21)/t17-/m1/s1. The number of nitrogens with one attached hydrogen (secondary N) is 1. The summed E-state index contributed by atoms with van der Waals surface area (Å²) in [7, 11) is -3.21. The SMILES string of the molecule is CS(=O)(=O)N1CCC(C(=O)N[C@]2(CO)COc3ccccc3C2)CC1. The first kappa shape index (κ1) is 18.2. The van der Waals surface area contributed by atoms with Gasteiger partial charge in [-0.05, 0) is 24.5 Å². The van der Waals surface area contributed by atoms with E-state index < -0.39 is 15.6 Å². The van der Waals surface area contributed by atoms with Crippen LogP contribution in [-0.2, 0) is 21.2 Å². The number of amides is 1. The van der Waals surface area contributed by atoms with Crippen LogP contribution < -0.4 is 10.1 Å². The van der Waals surface area contributed by atoms with E-state index in [1.807, 2.05) is 24.3 Å². The van der Waals surface area contributed by atoms with Crippen LogP contribution in [0.3, 0.4) is 0 Å². The smallest absolute Gasteiger partial charge is 0.223 e. The zero-order chi connectivity index (χ0) is 18.1. The summed E-state index contributed by atoms with van der Waals surface area (Å²) in [6.07, 6.45) is 2.66. The Labute approximate surface area is 148 Å². The Bertz CT molecular complexity index is 743. The van der Waals surface area contributed by atoms with Crippen LogP contribution in [0.5, 0.6) is 5.75 Å². The van der Waals surface area contributed by atoms with Crippen LogP contribution >= 0.6 is 0 Å². The van der Waals surface area contributed by atoms with Crippen molar-refractivity contribution in [3.8, 4) is 5.75 Å². The van der Waals surface area contributed by atoms with Gasteiger partial charge in [0.2, 0.25) is 15.9 Å². The summed E-state index contributed by atoms with van der Waals surface area (Å²) >= 11 is 0. The van der Waals surface area contributed by atoms with Crippen LogP contribution in [0.2, 0.25) is 0 Å². The van der Waals surface area contributed by atoms with Crippen molar-refractivity contribution in [3.63, 3.8) is 0 Å². The largest absolute Gasteiger partial charge is 0.491 e. The highest BCUT2D eigenvalue weighted by molar-refractivity contribution is 7.88. The van der Waals surface area contributed by atoms with Gasteiger partial charge in [-0.3, -0.25) is 4.79 Å². The number of aliphatic hydroxyl groups is 1. The van der Waals surface area contributed by atoms with Gasteiger partial charge >= 0.3 is 0 Å². The minimum absolute atomic E-state index is 0.148. The van der Waals surface area contributed by atoms with Gasteiger partial charge in [-0.25, -0.2) is 12.7 Å². The number of carbonyl (C=O) groups is 1. The molecule has 0 saturated carbocycles.